The van der Waals surface area contributed by atoms with E-state index < -0.39 is 11.9 Å². The lowest BCUT2D eigenvalue weighted by Crippen LogP contribution is -2.52. The van der Waals surface area contributed by atoms with E-state index >= 15 is 4.39 Å². The number of fused-ring (bicyclic) bond motifs is 2. The van der Waals surface area contributed by atoms with Gasteiger partial charge in [0.1, 0.15) is 11.9 Å². The first-order chi connectivity index (χ1) is 19.9. The summed E-state index contributed by atoms with van der Waals surface area (Å²) in [5, 5.41) is 2.32. The summed E-state index contributed by atoms with van der Waals surface area (Å²) in [6.45, 7) is 4.58. The van der Waals surface area contributed by atoms with Crippen LogP contribution in [0.2, 0.25) is 0 Å². The molecule has 0 spiro atoms. The SMILES string of the molecule is O=C1CCC(N2Cc3cc(CN4CC5CN(C(c6ccccc6)c6ccccc6)CC5C4)c(F)cc3C2=O)C(=O)N1. The highest BCUT2D eigenvalue weighted by molar-refractivity contribution is 6.05. The molecular formula is C33H33FN4O3. The first-order valence-electron chi connectivity index (χ1n) is 14.5. The number of nitrogens with zero attached hydrogens (tertiary/aromatic N) is 3. The van der Waals surface area contributed by atoms with Crippen LogP contribution in [0.5, 0.6) is 0 Å². The number of carbonyl (C=O) groups excluding carboxylic acids is 3. The number of rotatable bonds is 6. The number of hydrogen-bond donors (Lipinski definition) is 1. The van der Waals surface area contributed by atoms with E-state index in [4.69, 9.17) is 0 Å². The summed E-state index contributed by atoms with van der Waals surface area (Å²) < 4.78 is 15.3. The van der Waals surface area contributed by atoms with Gasteiger partial charge in [-0.2, -0.15) is 0 Å². The van der Waals surface area contributed by atoms with Crippen LogP contribution in [0.3, 0.4) is 0 Å². The molecule has 3 saturated heterocycles. The Bertz CT molecular complexity index is 1440. The Morgan fingerprint density at radius 3 is 2.10 bits per heavy atom. The standard InChI is InChI=1S/C33H33FN4O3/c34-28-14-27-23(20-38(33(27)41)29-11-12-30(39)35-32(29)40)13-24(28)15-36-16-25-18-37(19-26(25)17-36)31(21-7-3-1-4-8-21)22-9-5-2-6-10-22/h1-10,13-14,25-26,29,31H,11-12,15-20H2,(H,35,39,40). The van der Waals surface area contributed by atoms with E-state index in [2.05, 4.69) is 75.8 Å². The van der Waals surface area contributed by atoms with Gasteiger partial charge in [0.05, 0.1) is 6.04 Å². The molecule has 4 aliphatic rings. The first kappa shape index (κ1) is 26.0. The van der Waals surface area contributed by atoms with Gasteiger partial charge >= 0.3 is 0 Å². The first-order valence-corrected chi connectivity index (χ1v) is 14.5. The van der Waals surface area contributed by atoms with Crippen molar-refractivity contribution in [1.29, 1.82) is 0 Å². The van der Waals surface area contributed by atoms with Crippen molar-refractivity contribution in [2.45, 2.75) is 38.0 Å². The maximum Gasteiger partial charge on any atom is 0.255 e. The maximum absolute atomic E-state index is 15.3. The predicted octanol–water partition coefficient (Wildman–Crippen LogP) is 3.74. The number of carbonyl (C=O) groups is 3. The van der Waals surface area contributed by atoms with E-state index in [0.29, 0.717) is 35.9 Å². The van der Waals surface area contributed by atoms with Crippen LogP contribution in [0, 0.1) is 17.7 Å². The normalized spacial score (nSPS) is 24.7. The molecule has 0 aliphatic carbocycles. The van der Waals surface area contributed by atoms with Gasteiger partial charge in [-0.05, 0) is 47.1 Å². The topological polar surface area (TPSA) is 73.0 Å². The van der Waals surface area contributed by atoms with Crippen molar-refractivity contribution in [2.24, 2.45) is 11.8 Å². The molecule has 3 fully saturated rings. The zero-order valence-electron chi connectivity index (χ0n) is 22.8. The zero-order valence-corrected chi connectivity index (χ0v) is 22.8. The number of likely N-dealkylation sites (tertiary alicyclic amines) is 2. The highest BCUT2D eigenvalue weighted by atomic mass is 19.1. The fourth-order valence-electron chi connectivity index (χ4n) is 7.35. The summed E-state index contributed by atoms with van der Waals surface area (Å²) in [4.78, 5) is 43.4. The van der Waals surface area contributed by atoms with Crippen molar-refractivity contribution in [3.63, 3.8) is 0 Å². The molecule has 7 nitrogen and oxygen atoms in total. The van der Waals surface area contributed by atoms with Crippen molar-refractivity contribution in [1.82, 2.24) is 20.0 Å². The maximum atomic E-state index is 15.3. The lowest BCUT2D eigenvalue weighted by molar-refractivity contribution is -0.136. The molecule has 3 atom stereocenters. The molecule has 8 heteroatoms. The van der Waals surface area contributed by atoms with E-state index in [0.717, 1.165) is 31.7 Å². The molecule has 3 aromatic rings. The predicted molar refractivity (Wildman–Crippen MR) is 151 cm³/mol. The quantitative estimate of drug-likeness (QED) is 0.472. The Labute approximate surface area is 238 Å². The van der Waals surface area contributed by atoms with Crippen molar-refractivity contribution >= 4 is 17.7 Å². The van der Waals surface area contributed by atoms with Crippen LogP contribution in [0.1, 0.15) is 51.5 Å². The second-order valence-corrected chi connectivity index (χ2v) is 11.9. The average molecular weight is 553 g/mol. The van der Waals surface area contributed by atoms with E-state index in [1.807, 2.05) is 0 Å². The van der Waals surface area contributed by atoms with Gasteiger partial charge in [-0.25, -0.2) is 4.39 Å². The zero-order chi connectivity index (χ0) is 28.1. The summed E-state index contributed by atoms with van der Waals surface area (Å²) in [6.07, 6.45) is 0.491. The lowest BCUT2D eigenvalue weighted by Gasteiger charge is -2.30. The number of piperidine rings is 1. The molecule has 4 aliphatic heterocycles. The smallest absolute Gasteiger partial charge is 0.255 e. The molecule has 41 heavy (non-hydrogen) atoms. The third-order valence-corrected chi connectivity index (χ3v) is 9.27. The second-order valence-electron chi connectivity index (χ2n) is 11.9. The van der Waals surface area contributed by atoms with E-state index in [1.165, 1.54) is 22.1 Å². The molecule has 4 heterocycles. The Balaban J connectivity index is 1.03. The average Bonchev–Trinajstić information content (AvgIpc) is 3.62. The van der Waals surface area contributed by atoms with Gasteiger partial charge in [-0.15, -0.1) is 0 Å². The van der Waals surface area contributed by atoms with Crippen LogP contribution in [0.25, 0.3) is 0 Å². The summed E-state index contributed by atoms with van der Waals surface area (Å²) in [5.41, 5.74) is 4.26. The Hall–Kier alpha value is -3.88. The van der Waals surface area contributed by atoms with Gasteiger partial charge in [0.15, 0.2) is 0 Å². The number of amides is 3. The number of hydrogen-bond acceptors (Lipinski definition) is 5. The molecule has 210 valence electrons. The van der Waals surface area contributed by atoms with Crippen LogP contribution in [0.15, 0.2) is 72.8 Å². The van der Waals surface area contributed by atoms with Crippen molar-refractivity contribution in [3.05, 3.63) is 106 Å². The summed E-state index contributed by atoms with van der Waals surface area (Å²) in [5.74, 6) is -0.462. The minimum atomic E-state index is -0.699. The lowest BCUT2D eigenvalue weighted by atomic mass is 9.97. The summed E-state index contributed by atoms with van der Waals surface area (Å²) >= 11 is 0. The van der Waals surface area contributed by atoms with Crippen LogP contribution in [-0.4, -0.2) is 64.6 Å². The van der Waals surface area contributed by atoms with Gasteiger partial charge in [0, 0.05) is 56.8 Å². The fraction of sp³-hybridized carbons (Fsp3) is 0.364. The molecule has 0 radical (unpaired) electrons. The number of benzene rings is 3. The van der Waals surface area contributed by atoms with Crippen molar-refractivity contribution in [2.75, 3.05) is 26.2 Å². The van der Waals surface area contributed by atoms with E-state index in [1.54, 1.807) is 6.07 Å². The number of imide groups is 1. The van der Waals surface area contributed by atoms with Gasteiger partial charge in [-0.1, -0.05) is 60.7 Å². The minimum Gasteiger partial charge on any atom is -0.322 e. The van der Waals surface area contributed by atoms with Gasteiger partial charge in [0.25, 0.3) is 5.91 Å². The monoisotopic (exact) mass is 552 g/mol. The van der Waals surface area contributed by atoms with Gasteiger partial charge in [-0.3, -0.25) is 29.5 Å². The molecule has 1 N–H and O–H groups in total. The minimum absolute atomic E-state index is 0.197. The highest BCUT2D eigenvalue weighted by Crippen LogP contribution is 2.39. The third kappa shape index (κ3) is 4.85. The van der Waals surface area contributed by atoms with E-state index in [9.17, 15) is 14.4 Å². The molecular weight excluding hydrogens is 519 g/mol. The highest BCUT2D eigenvalue weighted by Gasteiger charge is 2.43. The second kappa shape index (κ2) is 10.5. The molecule has 0 aromatic heterocycles. The molecule has 3 unspecified atom stereocenters. The summed E-state index contributed by atoms with van der Waals surface area (Å²) in [6, 6.07) is 24.0. The van der Waals surface area contributed by atoms with Crippen molar-refractivity contribution in [3.8, 4) is 0 Å². The molecule has 0 bridgehead atoms. The van der Waals surface area contributed by atoms with Gasteiger partial charge < -0.3 is 4.90 Å². The molecule has 3 amide bonds. The van der Waals surface area contributed by atoms with Crippen LogP contribution < -0.4 is 5.32 Å². The van der Waals surface area contributed by atoms with Crippen LogP contribution in [0.4, 0.5) is 4.39 Å². The van der Waals surface area contributed by atoms with E-state index in [-0.39, 0.29) is 36.6 Å². The molecule has 3 aromatic carbocycles. The Morgan fingerprint density at radius 1 is 0.854 bits per heavy atom. The third-order valence-electron chi connectivity index (χ3n) is 9.27. The van der Waals surface area contributed by atoms with Crippen molar-refractivity contribution < 1.29 is 18.8 Å². The molecule has 0 saturated carbocycles. The Morgan fingerprint density at radius 2 is 1.49 bits per heavy atom. The Kier molecular flexibility index (Phi) is 6.67. The van der Waals surface area contributed by atoms with Crippen LogP contribution in [-0.2, 0) is 22.7 Å². The molecule has 7 rings (SSSR count). The number of nitrogens with one attached hydrogen (secondary N) is 1. The van der Waals surface area contributed by atoms with Crippen LogP contribution >= 0.6 is 0 Å². The largest absolute Gasteiger partial charge is 0.322 e. The van der Waals surface area contributed by atoms with Gasteiger partial charge in [0.2, 0.25) is 11.8 Å². The fourth-order valence-corrected chi connectivity index (χ4v) is 7.35. The summed E-state index contributed by atoms with van der Waals surface area (Å²) in [7, 11) is 0. The number of halogens is 1.